The van der Waals surface area contributed by atoms with Gasteiger partial charge in [-0.2, -0.15) is 13.2 Å². The minimum atomic E-state index is -4.30. The summed E-state index contributed by atoms with van der Waals surface area (Å²) in [5.74, 6) is 0.674. The molecular formula is C16H21BrClF3N2. The predicted octanol–water partition coefficient (Wildman–Crippen LogP) is 4.64. The van der Waals surface area contributed by atoms with Crippen molar-refractivity contribution in [2.45, 2.75) is 31.5 Å². The smallest absolute Gasteiger partial charge is 0.314 e. The monoisotopic (exact) mass is 412 g/mol. The number of hydrogen-bond donors (Lipinski definition) is 1. The second-order valence-corrected chi connectivity index (χ2v) is 7.17. The molecule has 1 saturated heterocycles. The maximum Gasteiger partial charge on any atom is 0.416 e. The Labute approximate surface area is 149 Å². The normalized spacial score (nSPS) is 20.9. The number of hydrogen-bond acceptors (Lipinski definition) is 2. The van der Waals surface area contributed by atoms with E-state index in [1.165, 1.54) is 18.9 Å². The van der Waals surface area contributed by atoms with Crippen LogP contribution in [0.4, 0.5) is 13.2 Å². The quantitative estimate of drug-likeness (QED) is 0.774. The van der Waals surface area contributed by atoms with E-state index < -0.39 is 11.7 Å². The lowest BCUT2D eigenvalue weighted by molar-refractivity contribution is -0.137. The van der Waals surface area contributed by atoms with Crippen LogP contribution in [0.15, 0.2) is 22.7 Å². The van der Waals surface area contributed by atoms with Crippen LogP contribution < -0.4 is 5.32 Å². The third-order valence-electron chi connectivity index (χ3n) is 4.48. The molecule has 2 aliphatic rings. The number of benzene rings is 1. The zero-order valence-corrected chi connectivity index (χ0v) is 15.1. The van der Waals surface area contributed by atoms with Crippen molar-refractivity contribution < 1.29 is 13.2 Å². The second-order valence-electron chi connectivity index (χ2n) is 6.25. The average Bonchev–Trinajstić information content (AvgIpc) is 3.28. The highest BCUT2D eigenvalue weighted by Crippen LogP contribution is 2.42. The van der Waals surface area contributed by atoms with Crippen molar-refractivity contribution in [3.63, 3.8) is 0 Å². The fraction of sp³-hybridized carbons (Fsp3) is 0.625. The lowest BCUT2D eigenvalue weighted by atomic mass is 9.97. The van der Waals surface area contributed by atoms with E-state index >= 15 is 0 Å². The molecular weight excluding hydrogens is 393 g/mol. The molecule has 0 unspecified atom stereocenters. The molecule has 1 aliphatic heterocycles. The molecule has 1 aromatic rings. The Morgan fingerprint density at radius 1 is 1.17 bits per heavy atom. The first-order valence-electron chi connectivity index (χ1n) is 7.76. The van der Waals surface area contributed by atoms with Crippen molar-refractivity contribution >= 4 is 28.3 Å². The predicted molar refractivity (Wildman–Crippen MR) is 90.9 cm³/mol. The van der Waals surface area contributed by atoms with Gasteiger partial charge in [-0.1, -0.05) is 28.8 Å². The molecule has 1 saturated carbocycles. The van der Waals surface area contributed by atoms with E-state index in [0.29, 0.717) is 10.4 Å². The van der Waals surface area contributed by atoms with Crippen LogP contribution in [0.2, 0.25) is 0 Å². The minimum Gasteiger partial charge on any atom is -0.314 e. The first-order valence-corrected chi connectivity index (χ1v) is 8.55. The molecule has 1 aliphatic carbocycles. The van der Waals surface area contributed by atoms with Crippen LogP contribution in [0.3, 0.4) is 0 Å². The molecule has 130 valence electrons. The number of piperazine rings is 1. The Hall–Kier alpha value is -0.300. The molecule has 3 rings (SSSR count). The zero-order chi connectivity index (χ0) is 15.7. The number of alkyl halides is 3. The zero-order valence-electron chi connectivity index (χ0n) is 12.7. The Morgan fingerprint density at radius 3 is 2.39 bits per heavy atom. The SMILES string of the molecule is Cl.FC(F)(F)c1cc(Br)cc([C@H](CC2CC2)N2CCNCC2)c1. The number of halogens is 5. The number of rotatable bonds is 4. The van der Waals surface area contributed by atoms with Gasteiger partial charge in [-0.15, -0.1) is 12.4 Å². The van der Waals surface area contributed by atoms with Gasteiger partial charge in [0.2, 0.25) is 0 Å². The standard InChI is InChI=1S/C16H20BrF3N2.ClH/c17-14-9-12(8-13(10-14)16(18,19)20)15(7-11-1-2-11)22-5-3-21-4-6-22;/h8-11,15,21H,1-7H2;1H/t15-;/m0./s1. The van der Waals surface area contributed by atoms with Gasteiger partial charge in [-0.25, -0.2) is 0 Å². The highest BCUT2D eigenvalue weighted by molar-refractivity contribution is 9.10. The van der Waals surface area contributed by atoms with Crippen molar-refractivity contribution in [3.8, 4) is 0 Å². The molecule has 1 atom stereocenters. The minimum absolute atomic E-state index is 0. The highest BCUT2D eigenvalue weighted by atomic mass is 79.9. The molecule has 1 aromatic carbocycles. The van der Waals surface area contributed by atoms with Crippen LogP contribution in [0.1, 0.15) is 36.4 Å². The molecule has 0 spiro atoms. The highest BCUT2D eigenvalue weighted by Gasteiger charge is 2.34. The third-order valence-corrected chi connectivity index (χ3v) is 4.94. The van der Waals surface area contributed by atoms with Crippen LogP contribution in [-0.2, 0) is 6.18 Å². The van der Waals surface area contributed by atoms with Gasteiger partial charge in [0, 0.05) is 36.7 Å². The average molecular weight is 414 g/mol. The number of nitrogens with zero attached hydrogens (tertiary/aromatic N) is 1. The van der Waals surface area contributed by atoms with Gasteiger partial charge >= 0.3 is 6.18 Å². The van der Waals surface area contributed by atoms with Gasteiger partial charge in [0.05, 0.1) is 5.56 Å². The van der Waals surface area contributed by atoms with E-state index in [1.54, 1.807) is 0 Å². The maximum atomic E-state index is 13.1. The Kier molecular flexibility index (Phi) is 6.39. The van der Waals surface area contributed by atoms with E-state index in [1.807, 2.05) is 6.07 Å². The van der Waals surface area contributed by atoms with Crippen LogP contribution >= 0.6 is 28.3 Å². The summed E-state index contributed by atoms with van der Waals surface area (Å²) in [5, 5.41) is 3.31. The fourth-order valence-corrected chi connectivity index (χ4v) is 3.64. The summed E-state index contributed by atoms with van der Waals surface area (Å²) in [5.41, 5.74) is 0.225. The largest absolute Gasteiger partial charge is 0.416 e. The fourth-order valence-electron chi connectivity index (χ4n) is 3.13. The summed E-state index contributed by atoms with van der Waals surface area (Å²) in [6.07, 6.45) is -0.911. The van der Waals surface area contributed by atoms with Gasteiger partial charge in [0.25, 0.3) is 0 Å². The van der Waals surface area contributed by atoms with Crippen molar-refractivity contribution in [3.05, 3.63) is 33.8 Å². The van der Waals surface area contributed by atoms with Gasteiger partial charge in [-0.3, -0.25) is 4.90 Å². The van der Waals surface area contributed by atoms with Gasteiger partial charge in [0.15, 0.2) is 0 Å². The van der Waals surface area contributed by atoms with Crippen LogP contribution in [-0.4, -0.2) is 31.1 Å². The van der Waals surface area contributed by atoms with Crippen LogP contribution in [0, 0.1) is 5.92 Å². The van der Waals surface area contributed by atoms with Crippen LogP contribution in [0.25, 0.3) is 0 Å². The van der Waals surface area contributed by atoms with Crippen molar-refractivity contribution in [2.75, 3.05) is 26.2 Å². The third kappa shape index (κ3) is 5.08. The molecule has 0 aromatic heterocycles. The summed E-state index contributed by atoms with van der Waals surface area (Å²) in [7, 11) is 0. The maximum absolute atomic E-state index is 13.1. The Morgan fingerprint density at radius 2 is 1.83 bits per heavy atom. The summed E-state index contributed by atoms with van der Waals surface area (Å²) in [6.45, 7) is 3.60. The molecule has 23 heavy (non-hydrogen) atoms. The first-order chi connectivity index (χ1) is 10.4. The molecule has 7 heteroatoms. The van der Waals surface area contributed by atoms with Crippen LogP contribution in [0.5, 0.6) is 0 Å². The molecule has 1 heterocycles. The second kappa shape index (κ2) is 7.72. The Bertz CT molecular complexity index is 529. The molecule has 2 nitrogen and oxygen atoms in total. The molecule has 0 bridgehead atoms. The first kappa shape index (κ1) is 19.0. The number of nitrogens with one attached hydrogen (secondary N) is 1. The van der Waals surface area contributed by atoms with Crippen molar-refractivity contribution in [1.29, 1.82) is 0 Å². The van der Waals surface area contributed by atoms with E-state index in [0.717, 1.165) is 44.2 Å². The Balaban J connectivity index is 0.00000192. The van der Waals surface area contributed by atoms with Crippen molar-refractivity contribution in [2.24, 2.45) is 5.92 Å². The summed E-state index contributed by atoms with van der Waals surface area (Å²) in [6, 6.07) is 4.44. The molecule has 0 amide bonds. The topological polar surface area (TPSA) is 15.3 Å². The molecule has 1 N–H and O–H groups in total. The lowest BCUT2D eigenvalue weighted by Gasteiger charge is -2.35. The van der Waals surface area contributed by atoms with Gasteiger partial charge in [-0.05, 0) is 36.1 Å². The van der Waals surface area contributed by atoms with E-state index in [2.05, 4.69) is 26.1 Å². The lowest BCUT2D eigenvalue weighted by Crippen LogP contribution is -2.45. The van der Waals surface area contributed by atoms with E-state index in [4.69, 9.17) is 0 Å². The summed E-state index contributed by atoms with van der Waals surface area (Å²) < 4.78 is 39.8. The summed E-state index contributed by atoms with van der Waals surface area (Å²) >= 11 is 3.25. The van der Waals surface area contributed by atoms with Crippen molar-refractivity contribution in [1.82, 2.24) is 10.2 Å². The van der Waals surface area contributed by atoms with E-state index in [-0.39, 0.29) is 18.4 Å². The van der Waals surface area contributed by atoms with E-state index in [9.17, 15) is 13.2 Å². The molecule has 2 fully saturated rings. The summed E-state index contributed by atoms with van der Waals surface area (Å²) in [4.78, 5) is 2.33. The van der Waals surface area contributed by atoms with Gasteiger partial charge in [0.1, 0.15) is 0 Å². The molecule has 0 radical (unpaired) electrons. The van der Waals surface area contributed by atoms with Gasteiger partial charge < -0.3 is 5.32 Å².